The topological polar surface area (TPSA) is 89.1 Å². The summed E-state index contributed by atoms with van der Waals surface area (Å²) in [5.41, 5.74) is 1.54. The number of nitrogens with one attached hydrogen (secondary N) is 2. The fourth-order valence-corrected chi connectivity index (χ4v) is 3.38. The first-order valence-corrected chi connectivity index (χ1v) is 9.61. The van der Waals surface area contributed by atoms with Gasteiger partial charge in [-0.2, -0.15) is 0 Å². The van der Waals surface area contributed by atoms with Crippen molar-refractivity contribution in [2.24, 2.45) is 5.92 Å². The van der Waals surface area contributed by atoms with Crippen LogP contribution in [0.25, 0.3) is 10.9 Å². The summed E-state index contributed by atoms with van der Waals surface area (Å²) in [6.45, 7) is 3.74. The minimum Gasteiger partial charge on any atom is -0.486 e. The van der Waals surface area contributed by atoms with Gasteiger partial charge < -0.3 is 19.8 Å². The third-order valence-corrected chi connectivity index (χ3v) is 4.93. The second kappa shape index (κ2) is 8.95. The molecule has 7 nitrogen and oxygen atoms in total. The average molecular weight is 380 g/mol. The maximum atomic E-state index is 12.1. The van der Waals surface area contributed by atoms with Crippen LogP contribution in [0, 0.1) is 5.92 Å². The molecule has 0 radical (unpaired) electrons. The highest BCUT2D eigenvalue weighted by molar-refractivity contribution is 5.75. The maximum Gasteiger partial charge on any atom is 0.258 e. The second-order valence-corrected chi connectivity index (χ2v) is 7.03. The molecule has 1 aliphatic heterocycles. The van der Waals surface area contributed by atoms with Gasteiger partial charge in [-0.05, 0) is 49.1 Å². The molecule has 2 aromatic heterocycles. The second-order valence-electron chi connectivity index (χ2n) is 7.03. The molecule has 0 bridgehead atoms. The van der Waals surface area contributed by atoms with Crippen LogP contribution < -0.4 is 15.6 Å². The van der Waals surface area contributed by atoms with E-state index in [0.29, 0.717) is 22.6 Å². The highest BCUT2D eigenvalue weighted by atomic mass is 16.5. The van der Waals surface area contributed by atoms with Gasteiger partial charge in [0.1, 0.15) is 18.2 Å². The number of nitrogens with zero attached hydrogens (tertiary/aromatic N) is 2. The van der Waals surface area contributed by atoms with Crippen LogP contribution in [0.1, 0.15) is 24.2 Å². The summed E-state index contributed by atoms with van der Waals surface area (Å²) in [5, 5.41) is 4.05. The van der Waals surface area contributed by atoms with Crippen LogP contribution in [-0.4, -0.2) is 34.7 Å². The zero-order valence-electron chi connectivity index (χ0n) is 15.7. The molecule has 1 fully saturated rings. The summed E-state index contributed by atoms with van der Waals surface area (Å²) in [5.74, 6) is 1.92. The van der Waals surface area contributed by atoms with E-state index in [-0.39, 0.29) is 12.2 Å². The first-order chi connectivity index (χ1) is 13.8. The van der Waals surface area contributed by atoms with E-state index >= 15 is 0 Å². The summed E-state index contributed by atoms with van der Waals surface area (Å²) < 4.78 is 11.2. The Hall–Kier alpha value is -2.77. The van der Waals surface area contributed by atoms with Gasteiger partial charge in [-0.15, -0.1) is 0 Å². The normalized spacial score (nSPS) is 15.0. The molecule has 28 heavy (non-hydrogen) atoms. The number of aromatic amines is 1. The van der Waals surface area contributed by atoms with Gasteiger partial charge in [-0.3, -0.25) is 9.78 Å². The molecule has 4 rings (SSSR count). The Morgan fingerprint density at radius 1 is 1.25 bits per heavy atom. The highest BCUT2D eigenvalue weighted by Gasteiger charge is 2.13. The van der Waals surface area contributed by atoms with Gasteiger partial charge in [0.25, 0.3) is 5.56 Å². The zero-order chi connectivity index (χ0) is 19.2. The third-order valence-electron chi connectivity index (χ3n) is 4.93. The minimum atomic E-state index is -0.183. The van der Waals surface area contributed by atoms with Crippen molar-refractivity contribution < 1.29 is 9.47 Å². The summed E-state index contributed by atoms with van der Waals surface area (Å²) in [6, 6.07) is 9.62. The summed E-state index contributed by atoms with van der Waals surface area (Å²) in [7, 11) is 0. The number of H-pyrrole nitrogens is 1. The Balaban J connectivity index is 1.34. The maximum absolute atomic E-state index is 12.1. The van der Waals surface area contributed by atoms with Crippen molar-refractivity contribution in [1.82, 2.24) is 20.3 Å². The van der Waals surface area contributed by atoms with E-state index in [1.54, 1.807) is 18.5 Å². The Bertz CT molecular complexity index is 983. The molecular weight excluding hydrogens is 356 g/mol. The molecule has 1 aromatic carbocycles. The molecule has 0 atom stereocenters. The predicted octanol–water partition coefficient (Wildman–Crippen LogP) is 2.41. The number of rotatable bonds is 7. The molecule has 146 valence electrons. The van der Waals surface area contributed by atoms with Crippen LogP contribution in [0.2, 0.25) is 0 Å². The van der Waals surface area contributed by atoms with Crippen LogP contribution in [-0.2, 0) is 17.9 Å². The van der Waals surface area contributed by atoms with Crippen LogP contribution >= 0.6 is 0 Å². The average Bonchev–Trinajstić information content (AvgIpc) is 2.73. The number of ether oxygens (including phenoxy) is 2. The van der Waals surface area contributed by atoms with Crippen molar-refractivity contribution in [3.8, 4) is 5.75 Å². The zero-order valence-corrected chi connectivity index (χ0v) is 15.7. The Labute approximate surface area is 163 Å². The van der Waals surface area contributed by atoms with Gasteiger partial charge in [0.15, 0.2) is 0 Å². The van der Waals surface area contributed by atoms with E-state index in [9.17, 15) is 4.79 Å². The molecule has 0 aliphatic carbocycles. The van der Waals surface area contributed by atoms with Crippen molar-refractivity contribution in [2.45, 2.75) is 26.0 Å². The monoisotopic (exact) mass is 380 g/mol. The molecule has 0 saturated carbocycles. The number of hydrogen-bond donors (Lipinski definition) is 2. The van der Waals surface area contributed by atoms with E-state index in [4.69, 9.17) is 9.47 Å². The van der Waals surface area contributed by atoms with E-state index in [0.717, 1.165) is 50.5 Å². The van der Waals surface area contributed by atoms with Crippen molar-refractivity contribution in [3.05, 3.63) is 64.5 Å². The van der Waals surface area contributed by atoms with Crippen LogP contribution in [0.4, 0.5) is 0 Å². The molecule has 1 saturated heterocycles. The van der Waals surface area contributed by atoms with Gasteiger partial charge in [0, 0.05) is 26.0 Å². The van der Waals surface area contributed by atoms with Crippen molar-refractivity contribution in [3.63, 3.8) is 0 Å². The molecule has 3 heterocycles. The van der Waals surface area contributed by atoms with E-state index in [2.05, 4.69) is 26.3 Å². The number of fused-ring (bicyclic) bond motifs is 1. The van der Waals surface area contributed by atoms with Gasteiger partial charge in [-0.1, -0.05) is 12.1 Å². The largest absolute Gasteiger partial charge is 0.486 e. The lowest BCUT2D eigenvalue weighted by atomic mass is 10.0. The van der Waals surface area contributed by atoms with Crippen LogP contribution in [0.15, 0.2) is 47.5 Å². The van der Waals surface area contributed by atoms with Gasteiger partial charge in [0.2, 0.25) is 0 Å². The minimum absolute atomic E-state index is 0.183. The highest BCUT2D eigenvalue weighted by Crippen LogP contribution is 2.16. The molecule has 0 spiro atoms. The van der Waals surface area contributed by atoms with E-state index in [1.807, 2.05) is 18.2 Å². The van der Waals surface area contributed by atoms with Gasteiger partial charge >= 0.3 is 0 Å². The fraction of sp³-hybridized carbons (Fsp3) is 0.381. The Morgan fingerprint density at radius 2 is 2.14 bits per heavy atom. The van der Waals surface area contributed by atoms with Gasteiger partial charge in [0.05, 0.1) is 17.1 Å². The smallest absolute Gasteiger partial charge is 0.258 e. The first-order valence-electron chi connectivity index (χ1n) is 9.61. The molecular formula is C21H24N4O3. The molecule has 0 amide bonds. The molecule has 1 aliphatic rings. The van der Waals surface area contributed by atoms with Crippen molar-refractivity contribution >= 4 is 10.9 Å². The number of hydrogen-bond acceptors (Lipinski definition) is 6. The summed E-state index contributed by atoms with van der Waals surface area (Å²) in [4.78, 5) is 23.3. The molecule has 2 N–H and O–H groups in total. The molecule has 0 unspecified atom stereocenters. The standard InChI is InChI=1S/C21H24N4O3/c26-21-18-4-7-22-13-19(18)24-20(25-21)14-28-17-3-1-2-16(10-17)12-23-11-15-5-8-27-9-6-15/h1-4,7,10,13,15,23H,5-6,8-9,11-12,14H2,(H,24,25,26). The Kier molecular flexibility index (Phi) is 5.94. The first kappa shape index (κ1) is 18.6. The lowest BCUT2D eigenvalue weighted by molar-refractivity contribution is 0.0662. The SMILES string of the molecule is O=c1[nH]c(COc2cccc(CNCC3CCOCC3)c2)nc2cnccc12. The number of pyridine rings is 1. The van der Waals surface area contributed by atoms with Gasteiger partial charge in [-0.25, -0.2) is 4.98 Å². The quantitative estimate of drug-likeness (QED) is 0.654. The van der Waals surface area contributed by atoms with E-state index < -0.39 is 0 Å². The molecule has 3 aromatic rings. The van der Waals surface area contributed by atoms with E-state index in [1.165, 1.54) is 0 Å². The van der Waals surface area contributed by atoms with Crippen molar-refractivity contribution in [2.75, 3.05) is 19.8 Å². The number of benzene rings is 1. The van der Waals surface area contributed by atoms with Crippen molar-refractivity contribution in [1.29, 1.82) is 0 Å². The van der Waals surface area contributed by atoms with Crippen LogP contribution in [0.5, 0.6) is 5.75 Å². The third kappa shape index (κ3) is 4.74. The predicted molar refractivity (Wildman–Crippen MR) is 106 cm³/mol. The molecule has 7 heteroatoms. The Morgan fingerprint density at radius 3 is 3.04 bits per heavy atom. The van der Waals surface area contributed by atoms with Crippen LogP contribution in [0.3, 0.4) is 0 Å². The lowest BCUT2D eigenvalue weighted by Gasteiger charge is -2.22. The number of aromatic nitrogens is 3. The lowest BCUT2D eigenvalue weighted by Crippen LogP contribution is -2.27. The summed E-state index contributed by atoms with van der Waals surface area (Å²) in [6.07, 6.45) is 5.42. The fourth-order valence-electron chi connectivity index (χ4n) is 3.38. The summed E-state index contributed by atoms with van der Waals surface area (Å²) >= 11 is 0.